The van der Waals surface area contributed by atoms with E-state index in [1.54, 1.807) is 4.90 Å². The van der Waals surface area contributed by atoms with Crippen LogP contribution in [0.5, 0.6) is 0 Å². The van der Waals surface area contributed by atoms with Gasteiger partial charge in [-0.2, -0.15) is 0 Å². The van der Waals surface area contributed by atoms with E-state index in [0.717, 1.165) is 17.7 Å². The lowest BCUT2D eigenvalue weighted by atomic mass is 10.1. The van der Waals surface area contributed by atoms with E-state index >= 15 is 0 Å². The minimum absolute atomic E-state index is 0.0543. The van der Waals surface area contributed by atoms with Crippen LogP contribution in [0.3, 0.4) is 0 Å². The number of hydrogen-bond acceptors (Lipinski definition) is 3. The van der Waals surface area contributed by atoms with Crippen LogP contribution in [0, 0.1) is 11.7 Å². The highest BCUT2D eigenvalue weighted by atomic mass is 19.1. The number of carbonyl (C=O) groups excluding carboxylic acids is 2. The van der Waals surface area contributed by atoms with Crippen molar-refractivity contribution in [3.05, 3.63) is 59.4 Å². The van der Waals surface area contributed by atoms with Crippen LogP contribution in [-0.4, -0.2) is 37.4 Å². The van der Waals surface area contributed by atoms with Crippen LogP contribution in [0.4, 0.5) is 15.8 Å². The Morgan fingerprint density at radius 2 is 1.72 bits per heavy atom. The van der Waals surface area contributed by atoms with Gasteiger partial charge in [0.15, 0.2) is 0 Å². The topological polar surface area (TPSA) is 52.7 Å². The zero-order chi connectivity index (χ0) is 21.6. The van der Waals surface area contributed by atoms with Crippen molar-refractivity contribution in [2.75, 3.05) is 30.9 Å². The molecule has 2 rings (SSSR count). The number of nitrogens with one attached hydrogen (secondary N) is 1. The first kappa shape index (κ1) is 22.4. The quantitative estimate of drug-likeness (QED) is 0.709. The second-order valence-electron chi connectivity index (χ2n) is 7.62. The zero-order valence-corrected chi connectivity index (χ0v) is 17.8. The summed E-state index contributed by atoms with van der Waals surface area (Å²) < 4.78 is 13.2. The van der Waals surface area contributed by atoms with Gasteiger partial charge in [0.1, 0.15) is 5.82 Å². The van der Waals surface area contributed by atoms with Crippen molar-refractivity contribution in [3.8, 4) is 0 Å². The van der Waals surface area contributed by atoms with Crippen LogP contribution in [0.15, 0.2) is 42.5 Å². The number of halogens is 1. The molecule has 0 radical (unpaired) electrons. The lowest BCUT2D eigenvalue weighted by Gasteiger charge is -2.26. The predicted molar refractivity (Wildman–Crippen MR) is 116 cm³/mol. The number of anilines is 2. The number of nitrogens with zero attached hydrogens (tertiary/aromatic N) is 2. The van der Waals surface area contributed by atoms with Gasteiger partial charge in [0, 0.05) is 50.0 Å². The van der Waals surface area contributed by atoms with E-state index in [9.17, 15) is 14.0 Å². The monoisotopic (exact) mass is 399 g/mol. The van der Waals surface area contributed by atoms with E-state index in [2.05, 4.69) is 5.32 Å². The average Bonchev–Trinajstić information content (AvgIpc) is 2.67. The highest BCUT2D eigenvalue weighted by Gasteiger charge is 2.18. The van der Waals surface area contributed by atoms with Gasteiger partial charge in [-0.3, -0.25) is 9.59 Å². The summed E-state index contributed by atoms with van der Waals surface area (Å²) >= 11 is 0. The van der Waals surface area contributed by atoms with E-state index in [4.69, 9.17) is 0 Å². The van der Waals surface area contributed by atoms with E-state index < -0.39 is 0 Å². The Kier molecular flexibility index (Phi) is 7.76. The number of benzene rings is 2. The molecule has 0 saturated carbocycles. The lowest BCUT2D eigenvalue weighted by Crippen LogP contribution is -2.32. The average molecular weight is 400 g/mol. The molecular weight excluding hydrogens is 369 g/mol. The van der Waals surface area contributed by atoms with Gasteiger partial charge in [-0.05, 0) is 54.4 Å². The van der Waals surface area contributed by atoms with Gasteiger partial charge in [-0.1, -0.05) is 20.8 Å². The molecule has 1 N–H and O–H groups in total. The number of carbonyl (C=O) groups is 2. The highest BCUT2D eigenvalue weighted by Crippen LogP contribution is 2.25. The number of amides is 2. The molecule has 0 aromatic heterocycles. The van der Waals surface area contributed by atoms with Crippen LogP contribution < -0.4 is 10.2 Å². The van der Waals surface area contributed by atoms with Gasteiger partial charge in [0.2, 0.25) is 5.91 Å². The summed E-state index contributed by atoms with van der Waals surface area (Å²) in [7, 11) is 3.88. The first-order valence-electron chi connectivity index (χ1n) is 9.88. The van der Waals surface area contributed by atoms with Gasteiger partial charge >= 0.3 is 0 Å². The van der Waals surface area contributed by atoms with E-state index in [0.29, 0.717) is 24.3 Å². The molecule has 2 amide bonds. The lowest BCUT2D eigenvalue weighted by molar-refractivity contribution is -0.118. The van der Waals surface area contributed by atoms with Gasteiger partial charge in [0.25, 0.3) is 5.91 Å². The highest BCUT2D eigenvalue weighted by molar-refractivity contribution is 5.94. The Bertz CT molecular complexity index is 848. The normalized spacial score (nSPS) is 10.7. The molecule has 29 heavy (non-hydrogen) atoms. The van der Waals surface area contributed by atoms with Crippen molar-refractivity contribution in [2.45, 2.75) is 33.7 Å². The largest absolute Gasteiger partial charge is 0.377 e. The molecule has 5 nitrogen and oxygen atoms in total. The molecule has 0 atom stereocenters. The molecule has 0 aliphatic carbocycles. The zero-order valence-electron chi connectivity index (χ0n) is 17.8. The summed E-state index contributed by atoms with van der Waals surface area (Å²) in [6, 6.07) is 11.3. The Hall–Kier alpha value is -2.89. The predicted octanol–water partition coefficient (Wildman–Crippen LogP) is 4.54. The van der Waals surface area contributed by atoms with Crippen molar-refractivity contribution >= 4 is 23.2 Å². The Morgan fingerprint density at radius 3 is 2.28 bits per heavy atom. The molecule has 0 fully saturated rings. The van der Waals surface area contributed by atoms with E-state index in [1.807, 2.05) is 58.0 Å². The van der Waals surface area contributed by atoms with Crippen molar-refractivity contribution in [3.63, 3.8) is 0 Å². The van der Waals surface area contributed by atoms with Gasteiger partial charge in [0.05, 0.1) is 0 Å². The minimum Gasteiger partial charge on any atom is -0.377 e. The van der Waals surface area contributed by atoms with Crippen LogP contribution in [0.1, 0.15) is 43.1 Å². The maximum atomic E-state index is 13.2. The number of rotatable bonds is 8. The first-order valence-corrected chi connectivity index (χ1v) is 9.88. The fourth-order valence-corrected chi connectivity index (χ4v) is 3.02. The minimum atomic E-state index is -0.368. The molecule has 0 unspecified atom stereocenters. The molecular formula is C23H30FN3O2. The molecule has 0 aliphatic rings. The van der Waals surface area contributed by atoms with Crippen molar-refractivity contribution in [1.29, 1.82) is 0 Å². The molecule has 2 aromatic carbocycles. The van der Waals surface area contributed by atoms with Crippen LogP contribution in [0.25, 0.3) is 0 Å². The molecule has 0 spiro atoms. The van der Waals surface area contributed by atoms with E-state index in [1.165, 1.54) is 24.3 Å². The molecule has 0 aliphatic heterocycles. The van der Waals surface area contributed by atoms with Gasteiger partial charge < -0.3 is 15.1 Å². The second-order valence-corrected chi connectivity index (χ2v) is 7.62. The van der Waals surface area contributed by atoms with Crippen molar-refractivity contribution < 1.29 is 14.0 Å². The van der Waals surface area contributed by atoms with Crippen LogP contribution in [0.2, 0.25) is 0 Å². The number of hydrogen-bond donors (Lipinski definition) is 1. The summed E-state index contributed by atoms with van der Waals surface area (Å²) in [5.41, 5.74) is 3.06. The molecule has 0 bridgehead atoms. The SMILES string of the molecule is CCCN(Cc1cc(NC(=O)C(C)C)ccc1N(C)C)C(=O)c1ccc(F)cc1. The molecule has 156 valence electrons. The summed E-state index contributed by atoms with van der Waals surface area (Å²) in [5.74, 6) is -0.690. The molecule has 0 saturated heterocycles. The van der Waals surface area contributed by atoms with Crippen molar-refractivity contribution in [2.24, 2.45) is 5.92 Å². The fraction of sp³-hybridized carbons (Fsp3) is 0.391. The third kappa shape index (κ3) is 6.04. The molecule has 0 heterocycles. The smallest absolute Gasteiger partial charge is 0.254 e. The molecule has 2 aromatic rings. The summed E-state index contributed by atoms with van der Waals surface area (Å²) in [5, 5.41) is 2.92. The summed E-state index contributed by atoms with van der Waals surface area (Å²) in [4.78, 5) is 28.8. The Balaban J connectivity index is 2.34. The third-order valence-electron chi connectivity index (χ3n) is 4.59. The molecule has 6 heteroatoms. The Morgan fingerprint density at radius 1 is 1.07 bits per heavy atom. The van der Waals surface area contributed by atoms with Crippen LogP contribution in [-0.2, 0) is 11.3 Å². The van der Waals surface area contributed by atoms with E-state index in [-0.39, 0.29) is 23.5 Å². The van der Waals surface area contributed by atoms with Gasteiger partial charge in [-0.15, -0.1) is 0 Å². The summed E-state index contributed by atoms with van der Waals surface area (Å²) in [6.07, 6.45) is 0.800. The van der Waals surface area contributed by atoms with Crippen molar-refractivity contribution in [1.82, 2.24) is 4.90 Å². The summed E-state index contributed by atoms with van der Waals surface area (Å²) in [6.45, 7) is 6.66. The fourth-order valence-electron chi connectivity index (χ4n) is 3.02. The van der Waals surface area contributed by atoms with Gasteiger partial charge in [-0.25, -0.2) is 4.39 Å². The Labute approximate surface area is 172 Å². The standard InChI is InChI=1S/C23H30FN3O2/c1-6-13-27(23(29)17-7-9-19(24)10-8-17)15-18-14-20(25-22(28)16(2)3)11-12-21(18)26(4)5/h7-12,14,16H,6,13,15H2,1-5H3,(H,25,28). The first-order chi connectivity index (χ1) is 13.7. The maximum Gasteiger partial charge on any atom is 0.254 e. The van der Waals surface area contributed by atoms with Crippen LogP contribution >= 0.6 is 0 Å². The second kappa shape index (κ2) is 10.0. The maximum absolute atomic E-state index is 13.2. The third-order valence-corrected chi connectivity index (χ3v) is 4.59.